The van der Waals surface area contributed by atoms with Crippen molar-refractivity contribution >= 4 is 11.7 Å². The van der Waals surface area contributed by atoms with Crippen molar-refractivity contribution in [1.29, 1.82) is 0 Å². The molecule has 0 saturated heterocycles. The lowest BCUT2D eigenvalue weighted by Crippen LogP contribution is -2.16. The lowest BCUT2D eigenvalue weighted by Gasteiger charge is -2.10. The minimum Gasteiger partial charge on any atom is -0.468 e. The van der Waals surface area contributed by atoms with E-state index >= 15 is 0 Å². The molecular formula is C12H17NO3. The van der Waals surface area contributed by atoms with Crippen LogP contribution in [0.5, 0.6) is 0 Å². The maximum atomic E-state index is 11.0. The number of hydrogen-bond donors (Lipinski definition) is 1. The van der Waals surface area contributed by atoms with Crippen LogP contribution in [0.3, 0.4) is 0 Å². The number of carbonyl (C=O) groups is 1. The zero-order valence-electron chi connectivity index (χ0n) is 9.66. The summed E-state index contributed by atoms with van der Waals surface area (Å²) in [5.74, 6) is -0.276. The van der Waals surface area contributed by atoms with Crippen molar-refractivity contribution in [3.63, 3.8) is 0 Å². The van der Waals surface area contributed by atoms with Gasteiger partial charge in [-0.2, -0.15) is 0 Å². The zero-order valence-corrected chi connectivity index (χ0v) is 9.66. The van der Waals surface area contributed by atoms with Gasteiger partial charge in [-0.05, 0) is 18.1 Å². The molecular weight excluding hydrogens is 206 g/mol. The molecule has 0 aliphatic rings. The molecule has 0 unspecified atom stereocenters. The number of para-hydroxylation sites is 1. The Labute approximate surface area is 95.6 Å². The van der Waals surface area contributed by atoms with E-state index in [1.54, 1.807) is 7.11 Å². The highest BCUT2D eigenvalue weighted by molar-refractivity contribution is 5.75. The van der Waals surface area contributed by atoms with Crippen LogP contribution < -0.4 is 5.32 Å². The average Bonchev–Trinajstić information content (AvgIpc) is 2.34. The van der Waals surface area contributed by atoms with Gasteiger partial charge in [-0.1, -0.05) is 18.2 Å². The Morgan fingerprint density at radius 3 is 2.75 bits per heavy atom. The van der Waals surface area contributed by atoms with E-state index in [1.165, 1.54) is 7.11 Å². The standard InChI is InChI=1S/C12H17NO3/c1-15-8-7-10-5-3-4-6-11(10)13-9-12(14)16-2/h3-6,13H,7-9H2,1-2H3. The first-order valence-electron chi connectivity index (χ1n) is 5.15. The topological polar surface area (TPSA) is 47.6 Å². The summed E-state index contributed by atoms with van der Waals surface area (Å²) >= 11 is 0. The van der Waals surface area contributed by atoms with Crippen LogP contribution in [0.15, 0.2) is 24.3 Å². The third kappa shape index (κ3) is 3.90. The molecule has 0 spiro atoms. The highest BCUT2D eigenvalue weighted by Gasteiger charge is 2.03. The molecule has 1 aromatic carbocycles. The van der Waals surface area contributed by atoms with Crippen LogP contribution in [-0.2, 0) is 20.7 Å². The molecule has 4 nitrogen and oxygen atoms in total. The Morgan fingerprint density at radius 2 is 2.06 bits per heavy atom. The zero-order chi connectivity index (χ0) is 11.8. The van der Waals surface area contributed by atoms with Crippen LogP contribution in [0.2, 0.25) is 0 Å². The molecule has 0 fully saturated rings. The Kier molecular flexibility index (Phi) is 5.36. The first kappa shape index (κ1) is 12.5. The number of hydrogen-bond acceptors (Lipinski definition) is 4. The van der Waals surface area contributed by atoms with Crippen LogP contribution in [-0.4, -0.2) is 33.3 Å². The first-order valence-corrected chi connectivity index (χ1v) is 5.15. The average molecular weight is 223 g/mol. The minimum atomic E-state index is -0.276. The number of esters is 1. The SMILES string of the molecule is COCCc1ccccc1NCC(=O)OC. The number of ether oxygens (including phenoxy) is 2. The smallest absolute Gasteiger partial charge is 0.325 e. The number of carbonyl (C=O) groups excluding carboxylic acids is 1. The van der Waals surface area contributed by atoms with Gasteiger partial charge in [0.15, 0.2) is 0 Å². The predicted octanol–water partition coefficient (Wildman–Crippen LogP) is 1.46. The van der Waals surface area contributed by atoms with Gasteiger partial charge < -0.3 is 14.8 Å². The molecule has 0 amide bonds. The summed E-state index contributed by atoms with van der Waals surface area (Å²) < 4.78 is 9.59. The summed E-state index contributed by atoms with van der Waals surface area (Å²) in [4.78, 5) is 11.0. The van der Waals surface area contributed by atoms with Crippen molar-refractivity contribution < 1.29 is 14.3 Å². The van der Waals surface area contributed by atoms with E-state index in [0.717, 1.165) is 17.7 Å². The number of anilines is 1. The number of methoxy groups -OCH3 is 2. The summed E-state index contributed by atoms with van der Waals surface area (Å²) in [5, 5.41) is 3.04. The Bertz CT molecular complexity index is 339. The van der Waals surface area contributed by atoms with Crippen LogP contribution in [0.1, 0.15) is 5.56 Å². The second kappa shape index (κ2) is 6.85. The molecule has 0 radical (unpaired) electrons. The first-order chi connectivity index (χ1) is 7.77. The van der Waals surface area contributed by atoms with E-state index < -0.39 is 0 Å². The van der Waals surface area contributed by atoms with Gasteiger partial charge >= 0.3 is 5.97 Å². The normalized spacial score (nSPS) is 9.88. The molecule has 16 heavy (non-hydrogen) atoms. The van der Waals surface area contributed by atoms with E-state index in [1.807, 2.05) is 24.3 Å². The third-order valence-corrected chi connectivity index (χ3v) is 2.24. The van der Waals surface area contributed by atoms with Crippen LogP contribution in [0.4, 0.5) is 5.69 Å². The van der Waals surface area contributed by atoms with E-state index in [9.17, 15) is 4.79 Å². The number of rotatable bonds is 6. The maximum Gasteiger partial charge on any atom is 0.325 e. The van der Waals surface area contributed by atoms with Gasteiger partial charge in [0.05, 0.1) is 13.7 Å². The van der Waals surface area contributed by atoms with Gasteiger partial charge in [0.2, 0.25) is 0 Å². The molecule has 88 valence electrons. The quantitative estimate of drug-likeness (QED) is 0.742. The summed E-state index contributed by atoms with van der Waals surface area (Å²) in [6, 6.07) is 7.84. The van der Waals surface area contributed by atoms with Crippen molar-refractivity contribution in [2.75, 3.05) is 32.7 Å². The Balaban J connectivity index is 2.59. The minimum absolute atomic E-state index is 0.181. The molecule has 0 aliphatic carbocycles. The van der Waals surface area contributed by atoms with Crippen molar-refractivity contribution in [2.45, 2.75) is 6.42 Å². The van der Waals surface area contributed by atoms with Crippen LogP contribution >= 0.6 is 0 Å². The molecule has 0 bridgehead atoms. The molecule has 1 N–H and O–H groups in total. The van der Waals surface area contributed by atoms with E-state index in [4.69, 9.17) is 4.74 Å². The summed E-state index contributed by atoms with van der Waals surface area (Å²) in [5.41, 5.74) is 2.08. The third-order valence-electron chi connectivity index (χ3n) is 2.24. The van der Waals surface area contributed by atoms with Crippen LogP contribution in [0, 0.1) is 0 Å². The second-order valence-electron chi connectivity index (χ2n) is 3.33. The van der Waals surface area contributed by atoms with E-state index in [-0.39, 0.29) is 12.5 Å². The number of nitrogens with one attached hydrogen (secondary N) is 1. The summed E-state index contributed by atoms with van der Waals surface area (Å²) in [6.45, 7) is 0.845. The second-order valence-corrected chi connectivity index (χ2v) is 3.33. The van der Waals surface area contributed by atoms with Gasteiger partial charge in [-0.15, -0.1) is 0 Å². The van der Waals surface area contributed by atoms with E-state index in [2.05, 4.69) is 10.1 Å². The fourth-order valence-corrected chi connectivity index (χ4v) is 1.36. The fraction of sp³-hybridized carbons (Fsp3) is 0.417. The Morgan fingerprint density at radius 1 is 1.31 bits per heavy atom. The van der Waals surface area contributed by atoms with Gasteiger partial charge in [-0.3, -0.25) is 4.79 Å². The Hall–Kier alpha value is -1.55. The van der Waals surface area contributed by atoms with Crippen molar-refractivity contribution in [3.8, 4) is 0 Å². The van der Waals surface area contributed by atoms with Crippen molar-refractivity contribution in [1.82, 2.24) is 0 Å². The van der Waals surface area contributed by atoms with Gasteiger partial charge in [0, 0.05) is 12.8 Å². The molecule has 0 heterocycles. The molecule has 0 aliphatic heterocycles. The molecule has 0 aromatic heterocycles. The van der Waals surface area contributed by atoms with Gasteiger partial charge in [-0.25, -0.2) is 0 Å². The predicted molar refractivity (Wildman–Crippen MR) is 62.5 cm³/mol. The highest BCUT2D eigenvalue weighted by Crippen LogP contribution is 2.15. The lowest BCUT2D eigenvalue weighted by atomic mass is 10.1. The van der Waals surface area contributed by atoms with E-state index in [0.29, 0.717) is 6.61 Å². The summed E-state index contributed by atoms with van der Waals surface area (Å²) in [7, 11) is 3.05. The number of benzene rings is 1. The van der Waals surface area contributed by atoms with Crippen molar-refractivity contribution in [2.24, 2.45) is 0 Å². The maximum absolute atomic E-state index is 11.0. The monoisotopic (exact) mass is 223 g/mol. The largest absolute Gasteiger partial charge is 0.468 e. The lowest BCUT2D eigenvalue weighted by molar-refractivity contribution is -0.138. The molecule has 1 aromatic rings. The fourth-order valence-electron chi connectivity index (χ4n) is 1.36. The summed E-state index contributed by atoms with van der Waals surface area (Å²) in [6.07, 6.45) is 0.820. The molecule has 0 saturated carbocycles. The molecule has 4 heteroatoms. The highest BCUT2D eigenvalue weighted by atomic mass is 16.5. The molecule has 1 rings (SSSR count). The van der Waals surface area contributed by atoms with Gasteiger partial charge in [0.1, 0.15) is 6.54 Å². The molecule has 0 atom stereocenters. The van der Waals surface area contributed by atoms with Crippen molar-refractivity contribution in [3.05, 3.63) is 29.8 Å². The van der Waals surface area contributed by atoms with Gasteiger partial charge in [0.25, 0.3) is 0 Å². The van der Waals surface area contributed by atoms with Crippen LogP contribution in [0.25, 0.3) is 0 Å².